The highest BCUT2D eigenvalue weighted by Gasteiger charge is 2.67. The summed E-state index contributed by atoms with van der Waals surface area (Å²) < 4.78 is 23.4. The molecule has 1 N–H and O–H groups in total. The largest absolute Gasteiger partial charge is 0.394 e. The van der Waals surface area contributed by atoms with Gasteiger partial charge in [-0.15, -0.1) is 0 Å². The van der Waals surface area contributed by atoms with Crippen molar-refractivity contribution < 1.29 is 28.3 Å². The van der Waals surface area contributed by atoms with Crippen LogP contribution in [0.3, 0.4) is 0 Å². The van der Waals surface area contributed by atoms with Crippen molar-refractivity contribution in [1.82, 2.24) is 4.90 Å². The minimum Gasteiger partial charge on any atom is -0.394 e. The van der Waals surface area contributed by atoms with E-state index >= 15 is 4.11 Å². The molecule has 3 amide bonds. The predicted octanol–water partition coefficient (Wildman–Crippen LogP) is 7.29. The molecular weight excluding hydrogens is 685 g/mol. The van der Waals surface area contributed by atoms with Gasteiger partial charge in [0.25, 0.3) is 5.91 Å². The molecule has 0 unspecified atom stereocenters. The van der Waals surface area contributed by atoms with E-state index in [9.17, 15) is 19.5 Å². The molecule has 4 aliphatic rings. The van der Waals surface area contributed by atoms with Gasteiger partial charge in [-0.05, 0) is 79.4 Å². The minimum atomic E-state index is -3.53. The maximum absolute atomic E-state index is 16.5. The first-order chi connectivity index (χ1) is 24.4. The summed E-state index contributed by atoms with van der Waals surface area (Å²) in [6, 6.07) is 20.6. The molecular formula is C40H47ClFN3O5Si. The highest BCUT2D eigenvalue weighted by molar-refractivity contribution is 6.72. The van der Waals surface area contributed by atoms with Crippen LogP contribution >= 0.6 is 11.6 Å². The van der Waals surface area contributed by atoms with E-state index in [4.69, 9.17) is 16.3 Å². The summed E-state index contributed by atoms with van der Waals surface area (Å²) in [7, 11) is -3.53. The molecule has 3 aromatic carbocycles. The van der Waals surface area contributed by atoms with Crippen molar-refractivity contribution in [2.24, 2.45) is 5.92 Å². The summed E-state index contributed by atoms with van der Waals surface area (Å²) in [6.45, 7) is 6.15. The number of fused-ring (bicyclic) bond motifs is 3. The van der Waals surface area contributed by atoms with Crippen LogP contribution in [0.15, 0.2) is 66.7 Å². The fourth-order valence-electron chi connectivity index (χ4n) is 9.15. The van der Waals surface area contributed by atoms with Crippen LogP contribution in [0.1, 0.15) is 67.7 Å². The van der Waals surface area contributed by atoms with Crippen LogP contribution in [0, 0.1) is 5.92 Å². The third kappa shape index (κ3) is 6.53. The number of hydrogen-bond donors (Lipinski definition) is 1. The Hall–Kier alpha value is -3.57. The van der Waals surface area contributed by atoms with Crippen molar-refractivity contribution in [2.45, 2.75) is 101 Å². The maximum atomic E-state index is 16.5. The van der Waals surface area contributed by atoms with Gasteiger partial charge in [0.1, 0.15) is 0 Å². The molecule has 5 atom stereocenters. The average Bonchev–Trinajstić information content (AvgIpc) is 3.51. The minimum absolute atomic E-state index is 0.106. The Bertz CT molecular complexity index is 1840. The monoisotopic (exact) mass is 731 g/mol. The van der Waals surface area contributed by atoms with E-state index in [1.165, 1.54) is 0 Å². The topological polar surface area (TPSA) is 90.4 Å². The number of aliphatic hydroxyl groups is 1. The number of halogens is 2. The van der Waals surface area contributed by atoms with E-state index in [0.717, 1.165) is 48.1 Å². The molecule has 270 valence electrons. The number of amides is 3. The van der Waals surface area contributed by atoms with Gasteiger partial charge >= 0.3 is 0 Å². The van der Waals surface area contributed by atoms with Crippen molar-refractivity contribution in [1.29, 1.82) is 0 Å². The molecule has 0 bridgehead atoms. The summed E-state index contributed by atoms with van der Waals surface area (Å²) in [4.78, 5) is 47.3. The molecule has 4 aliphatic heterocycles. The first kappa shape index (κ1) is 35.8. The fourth-order valence-corrected chi connectivity index (χ4v) is 11.8. The van der Waals surface area contributed by atoms with Gasteiger partial charge in [0.2, 0.25) is 20.2 Å². The molecule has 11 heteroatoms. The van der Waals surface area contributed by atoms with Crippen LogP contribution in [-0.2, 0) is 44.2 Å². The number of nitrogens with zero attached hydrogens (tertiary/aromatic N) is 3. The van der Waals surface area contributed by atoms with Gasteiger partial charge in [-0.1, -0.05) is 67.8 Å². The van der Waals surface area contributed by atoms with Crippen LogP contribution < -0.4 is 9.80 Å². The number of anilines is 2. The molecule has 0 saturated carbocycles. The second kappa shape index (κ2) is 14.1. The third-order valence-corrected chi connectivity index (χ3v) is 14.3. The van der Waals surface area contributed by atoms with E-state index in [0.29, 0.717) is 42.2 Å². The van der Waals surface area contributed by atoms with Crippen molar-refractivity contribution in [3.8, 4) is 0 Å². The number of rotatable bonds is 7. The normalized spacial score (nSPS) is 26.7. The number of aliphatic hydroxyl groups excluding tert-OH is 1. The van der Waals surface area contributed by atoms with Crippen molar-refractivity contribution in [2.75, 3.05) is 23.0 Å². The smallest absolute Gasteiger partial charge is 0.264 e. The SMILES string of the molecule is C[C@@H]1[C@@H]([Si](C)(C)F)[C@H](CC(=O)N2Cc3ccccc3C[C@H]2CO)O[C@@]12C(=O)N(Cc1cccc(N3CCCCCCC3=O)c1)c1ccc(Cl)cc12. The zero-order valence-electron chi connectivity index (χ0n) is 29.6. The van der Waals surface area contributed by atoms with Crippen molar-refractivity contribution >= 4 is 49.1 Å². The molecule has 2 saturated heterocycles. The third-order valence-electron chi connectivity index (χ3n) is 11.6. The Morgan fingerprint density at radius 3 is 2.55 bits per heavy atom. The molecule has 4 heterocycles. The van der Waals surface area contributed by atoms with Crippen LogP contribution in [0.2, 0.25) is 23.7 Å². The Labute approximate surface area is 305 Å². The first-order valence-electron chi connectivity index (χ1n) is 18.3. The van der Waals surface area contributed by atoms with Crippen LogP contribution in [0.25, 0.3) is 0 Å². The first-order valence-corrected chi connectivity index (χ1v) is 21.6. The molecule has 0 radical (unpaired) electrons. The highest BCUT2D eigenvalue weighted by atomic mass is 35.5. The second-order valence-electron chi connectivity index (χ2n) is 15.2. The number of hydrogen-bond acceptors (Lipinski definition) is 5. The molecule has 1 spiro atoms. The van der Waals surface area contributed by atoms with Crippen molar-refractivity contribution in [3.05, 3.63) is 94.0 Å². The lowest BCUT2D eigenvalue weighted by atomic mass is 9.82. The number of carbonyl (C=O) groups excluding carboxylic acids is 3. The summed E-state index contributed by atoms with van der Waals surface area (Å²) in [5.41, 5.74) is 2.81. The molecule has 2 fully saturated rings. The Balaban J connectivity index is 1.20. The molecule has 7 rings (SSSR count). The highest BCUT2D eigenvalue weighted by Crippen LogP contribution is 2.60. The van der Waals surface area contributed by atoms with Gasteiger partial charge in [-0.25, -0.2) is 0 Å². The number of carbonyl (C=O) groups is 3. The lowest BCUT2D eigenvalue weighted by Crippen LogP contribution is -2.48. The second-order valence-corrected chi connectivity index (χ2v) is 19.5. The number of ether oxygens (including phenoxy) is 1. The van der Waals surface area contributed by atoms with Crippen LogP contribution in [0.5, 0.6) is 0 Å². The number of benzene rings is 3. The summed E-state index contributed by atoms with van der Waals surface area (Å²) in [6.07, 6.45) is 4.07. The summed E-state index contributed by atoms with van der Waals surface area (Å²) >= 11 is 6.58. The molecule has 51 heavy (non-hydrogen) atoms. The van der Waals surface area contributed by atoms with E-state index < -0.39 is 37.6 Å². The maximum Gasteiger partial charge on any atom is 0.264 e. The van der Waals surface area contributed by atoms with Crippen molar-refractivity contribution in [3.63, 3.8) is 0 Å². The van der Waals surface area contributed by atoms with Gasteiger partial charge < -0.3 is 28.7 Å². The Morgan fingerprint density at radius 1 is 1.02 bits per heavy atom. The average molecular weight is 732 g/mol. The summed E-state index contributed by atoms with van der Waals surface area (Å²) in [5.74, 6) is -1.01. The standard InChI is InChI=1S/C40H47ClFN3O5Si/c1-26-38(51(2,3)42)35(22-37(48)44-24-29-13-8-7-12-28(29)20-32(44)25-46)50-40(26)33-21-30(41)16-17-34(33)45(39(40)49)23-27-11-10-14-31(19-27)43-18-9-5-4-6-15-36(43)47/h7-8,10-14,16-17,19,21,26,32,35,38,46H,4-6,9,15,18,20,22-25H2,1-3H3/t26-,32+,35+,38-,40+/m1/s1. The van der Waals surface area contributed by atoms with Gasteiger partial charge in [0, 0.05) is 47.2 Å². The van der Waals surface area contributed by atoms with E-state index in [1.54, 1.807) is 35.0 Å². The lowest BCUT2D eigenvalue weighted by molar-refractivity contribution is -0.151. The van der Waals surface area contributed by atoms with E-state index in [1.807, 2.05) is 66.4 Å². The zero-order valence-corrected chi connectivity index (χ0v) is 31.4. The van der Waals surface area contributed by atoms with Gasteiger partial charge in [0.05, 0.1) is 37.4 Å². The predicted molar refractivity (Wildman–Crippen MR) is 199 cm³/mol. The summed E-state index contributed by atoms with van der Waals surface area (Å²) in [5, 5.41) is 10.7. The zero-order chi connectivity index (χ0) is 36.1. The van der Waals surface area contributed by atoms with E-state index in [2.05, 4.69) is 0 Å². The Morgan fingerprint density at radius 2 is 1.78 bits per heavy atom. The van der Waals surface area contributed by atoms with Gasteiger partial charge in [-0.3, -0.25) is 14.4 Å². The molecule has 0 aliphatic carbocycles. The molecule has 8 nitrogen and oxygen atoms in total. The van der Waals surface area contributed by atoms with Crippen LogP contribution in [0.4, 0.5) is 15.5 Å². The van der Waals surface area contributed by atoms with E-state index in [-0.39, 0.29) is 37.3 Å². The van der Waals surface area contributed by atoms with Crippen LogP contribution in [-0.4, -0.2) is 61.4 Å². The fraction of sp³-hybridized carbons (Fsp3) is 0.475. The molecule has 3 aromatic rings. The van der Waals surface area contributed by atoms with Gasteiger partial charge in [-0.2, -0.15) is 0 Å². The Kier molecular flexibility index (Phi) is 9.90. The lowest BCUT2D eigenvalue weighted by Gasteiger charge is -2.37. The van der Waals surface area contributed by atoms with Gasteiger partial charge in [0.15, 0.2) is 5.60 Å². The molecule has 0 aromatic heterocycles. The quantitative estimate of drug-likeness (QED) is 0.204.